The molecule has 2 aromatic rings. The molecular weight excluding hydrogens is 418 g/mol. The first kappa shape index (κ1) is 24.3. The van der Waals surface area contributed by atoms with E-state index in [1.807, 2.05) is 51.2 Å². The number of benzene rings is 1. The Hall–Kier alpha value is -3.34. The van der Waals surface area contributed by atoms with Gasteiger partial charge in [-0.3, -0.25) is 4.79 Å². The molecule has 1 aliphatic rings. The van der Waals surface area contributed by atoms with E-state index in [4.69, 9.17) is 11.2 Å². The van der Waals surface area contributed by atoms with Gasteiger partial charge in [0.15, 0.2) is 0 Å². The molecule has 2 amide bonds. The van der Waals surface area contributed by atoms with Crippen LogP contribution in [0.4, 0.5) is 4.79 Å². The molecule has 1 saturated heterocycles. The molecular formula is C25H33N5O3. The third kappa shape index (κ3) is 6.35. The van der Waals surface area contributed by atoms with Crippen LogP contribution in [0.25, 0.3) is 11.3 Å². The number of nitrogens with zero attached hydrogens (tertiary/aromatic N) is 5. The van der Waals surface area contributed by atoms with Crippen LogP contribution in [-0.2, 0) is 9.53 Å². The van der Waals surface area contributed by atoms with Gasteiger partial charge in [-0.15, -0.1) is 11.5 Å². The van der Waals surface area contributed by atoms with E-state index in [0.717, 1.165) is 11.1 Å². The van der Waals surface area contributed by atoms with Crippen LogP contribution in [0.5, 0.6) is 0 Å². The lowest BCUT2D eigenvalue weighted by atomic mass is 10.0. The maximum atomic E-state index is 13.4. The van der Waals surface area contributed by atoms with Gasteiger partial charge in [-0.2, -0.15) is 0 Å². The Balaban J connectivity index is 1.71. The summed E-state index contributed by atoms with van der Waals surface area (Å²) in [5.41, 5.74) is 1.83. The molecule has 2 heterocycles. The second kappa shape index (κ2) is 10.1. The molecule has 1 fully saturated rings. The molecule has 1 atom stereocenters. The van der Waals surface area contributed by atoms with Crippen LogP contribution in [0.15, 0.2) is 30.5 Å². The van der Waals surface area contributed by atoms with Crippen molar-refractivity contribution >= 4 is 12.0 Å². The lowest BCUT2D eigenvalue weighted by Crippen LogP contribution is -2.53. The topological polar surface area (TPSA) is 80.6 Å². The van der Waals surface area contributed by atoms with Crippen molar-refractivity contribution in [2.75, 3.05) is 26.2 Å². The van der Waals surface area contributed by atoms with E-state index in [2.05, 4.69) is 30.1 Å². The summed E-state index contributed by atoms with van der Waals surface area (Å²) in [5.74, 6) is 2.89. The first-order valence-corrected chi connectivity index (χ1v) is 11.3. The van der Waals surface area contributed by atoms with Crippen LogP contribution in [-0.4, -0.2) is 68.6 Å². The third-order valence-electron chi connectivity index (χ3n) is 5.40. The molecule has 8 nitrogen and oxygen atoms in total. The van der Waals surface area contributed by atoms with E-state index in [1.165, 1.54) is 0 Å². The standard InChI is InChI=1S/C25H33N5O3/c1-7-19-8-10-20(11-9-19)21-17-30(27-26-21)22(16-18(2)3)23(31)28-12-14-29(15-13-28)24(32)33-25(4,5)6/h1,8-11,17-18,22H,12-16H2,2-6H3/t22-/m0/s1. The molecule has 1 aromatic heterocycles. The largest absolute Gasteiger partial charge is 0.444 e. The van der Waals surface area contributed by atoms with Crippen molar-refractivity contribution in [3.05, 3.63) is 36.0 Å². The molecule has 176 valence electrons. The highest BCUT2D eigenvalue weighted by Crippen LogP contribution is 2.24. The zero-order chi connectivity index (χ0) is 24.2. The van der Waals surface area contributed by atoms with E-state index < -0.39 is 11.6 Å². The Bertz CT molecular complexity index is 1010. The van der Waals surface area contributed by atoms with Crippen LogP contribution in [0, 0.1) is 18.3 Å². The highest BCUT2D eigenvalue weighted by atomic mass is 16.6. The van der Waals surface area contributed by atoms with Gasteiger partial charge in [-0.25, -0.2) is 9.48 Å². The fraction of sp³-hybridized carbons (Fsp3) is 0.520. The average molecular weight is 452 g/mol. The summed E-state index contributed by atoms with van der Waals surface area (Å²) in [5, 5.41) is 8.57. The zero-order valence-corrected chi connectivity index (χ0v) is 20.1. The van der Waals surface area contributed by atoms with E-state index in [0.29, 0.717) is 44.2 Å². The first-order valence-electron chi connectivity index (χ1n) is 11.3. The highest BCUT2D eigenvalue weighted by Gasteiger charge is 2.32. The fourth-order valence-corrected chi connectivity index (χ4v) is 3.71. The maximum Gasteiger partial charge on any atom is 0.410 e. The number of carbonyl (C=O) groups is 2. The molecule has 0 radical (unpaired) electrons. The normalized spacial score (nSPS) is 15.3. The second-order valence-electron chi connectivity index (χ2n) is 9.74. The molecule has 0 spiro atoms. The van der Waals surface area contributed by atoms with Crippen molar-refractivity contribution < 1.29 is 14.3 Å². The smallest absolute Gasteiger partial charge is 0.410 e. The highest BCUT2D eigenvalue weighted by molar-refractivity contribution is 5.81. The van der Waals surface area contributed by atoms with Crippen LogP contribution < -0.4 is 0 Å². The van der Waals surface area contributed by atoms with Crippen molar-refractivity contribution in [1.29, 1.82) is 0 Å². The molecule has 0 aliphatic carbocycles. The Morgan fingerprint density at radius 1 is 1.09 bits per heavy atom. The lowest BCUT2D eigenvalue weighted by Gasteiger charge is -2.37. The number of terminal acetylenes is 1. The number of ether oxygens (including phenoxy) is 1. The number of carbonyl (C=O) groups excluding carboxylic acids is 2. The van der Waals surface area contributed by atoms with E-state index in [-0.39, 0.29) is 12.0 Å². The minimum Gasteiger partial charge on any atom is -0.444 e. The number of hydrogen-bond donors (Lipinski definition) is 0. The second-order valence-corrected chi connectivity index (χ2v) is 9.74. The summed E-state index contributed by atoms with van der Waals surface area (Å²) in [6, 6.07) is 7.06. The summed E-state index contributed by atoms with van der Waals surface area (Å²) >= 11 is 0. The summed E-state index contributed by atoms with van der Waals surface area (Å²) in [6.07, 6.45) is 7.54. The molecule has 1 aliphatic heterocycles. The average Bonchev–Trinajstić information content (AvgIpc) is 3.26. The minimum atomic E-state index is -0.543. The lowest BCUT2D eigenvalue weighted by molar-refractivity contribution is -0.137. The van der Waals surface area contributed by atoms with Gasteiger partial charge >= 0.3 is 6.09 Å². The third-order valence-corrected chi connectivity index (χ3v) is 5.40. The Morgan fingerprint density at radius 3 is 2.24 bits per heavy atom. The van der Waals surface area contributed by atoms with Crippen molar-refractivity contribution in [2.45, 2.75) is 52.7 Å². The first-order chi connectivity index (χ1) is 15.6. The van der Waals surface area contributed by atoms with Crippen LogP contribution in [0.2, 0.25) is 0 Å². The van der Waals surface area contributed by atoms with Gasteiger partial charge in [0.25, 0.3) is 0 Å². The van der Waals surface area contributed by atoms with Crippen LogP contribution >= 0.6 is 0 Å². The molecule has 0 bridgehead atoms. The van der Waals surface area contributed by atoms with Gasteiger partial charge in [-0.1, -0.05) is 37.1 Å². The number of amides is 2. The predicted octanol–water partition coefficient (Wildman–Crippen LogP) is 3.59. The van der Waals surface area contributed by atoms with Crippen molar-refractivity contribution in [1.82, 2.24) is 24.8 Å². The van der Waals surface area contributed by atoms with E-state index in [9.17, 15) is 9.59 Å². The molecule has 0 N–H and O–H groups in total. The van der Waals surface area contributed by atoms with Crippen LogP contribution in [0.3, 0.4) is 0 Å². The molecule has 3 rings (SSSR count). The molecule has 8 heteroatoms. The van der Waals surface area contributed by atoms with Gasteiger partial charge in [0.2, 0.25) is 5.91 Å². The zero-order valence-electron chi connectivity index (χ0n) is 20.1. The minimum absolute atomic E-state index is 0.00771. The molecule has 0 saturated carbocycles. The van der Waals surface area contributed by atoms with Gasteiger partial charge in [0.1, 0.15) is 17.3 Å². The molecule has 33 heavy (non-hydrogen) atoms. The number of aromatic nitrogens is 3. The summed E-state index contributed by atoms with van der Waals surface area (Å²) < 4.78 is 7.11. The summed E-state index contributed by atoms with van der Waals surface area (Å²) in [6.45, 7) is 11.5. The van der Waals surface area contributed by atoms with Crippen molar-refractivity contribution in [3.8, 4) is 23.6 Å². The SMILES string of the molecule is C#Cc1ccc(-c2cn([C@@H](CC(C)C)C(=O)N3CCN(C(=O)OC(C)(C)C)CC3)nn2)cc1. The number of rotatable bonds is 5. The Kier molecular flexibility index (Phi) is 7.42. The summed E-state index contributed by atoms with van der Waals surface area (Å²) in [4.78, 5) is 29.2. The van der Waals surface area contributed by atoms with Gasteiger partial charge < -0.3 is 14.5 Å². The van der Waals surface area contributed by atoms with Crippen molar-refractivity contribution in [3.63, 3.8) is 0 Å². The Morgan fingerprint density at radius 2 is 1.70 bits per heavy atom. The molecule has 0 unspecified atom stereocenters. The van der Waals surface area contributed by atoms with E-state index in [1.54, 1.807) is 14.5 Å². The van der Waals surface area contributed by atoms with Gasteiger partial charge in [0.05, 0.1) is 6.20 Å². The molecule has 1 aromatic carbocycles. The summed E-state index contributed by atoms with van der Waals surface area (Å²) in [7, 11) is 0. The van der Waals surface area contributed by atoms with Gasteiger partial charge in [-0.05, 0) is 45.2 Å². The van der Waals surface area contributed by atoms with Crippen molar-refractivity contribution in [2.24, 2.45) is 5.92 Å². The Labute approximate surface area is 195 Å². The van der Waals surface area contributed by atoms with Gasteiger partial charge in [0, 0.05) is 37.3 Å². The monoisotopic (exact) mass is 451 g/mol. The number of hydrogen-bond acceptors (Lipinski definition) is 5. The predicted molar refractivity (Wildman–Crippen MR) is 126 cm³/mol. The fourth-order valence-electron chi connectivity index (χ4n) is 3.71. The quantitative estimate of drug-likeness (QED) is 0.649. The maximum absolute atomic E-state index is 13.4. The number of piperazine rings is 1. The van der Waals surface area contributed by atoms with E-state index >= 15 is 0 Å². The van der Waals surface area contributed by atoms with Crippen LogP contribution in [0.1, 0.15) is 52.6 Å².